The van der Waals surface area contributed by atoms with E-state index in [1.54, 1.807) is 0 Å². The summed E-state index contributed by atoms with van der Waals surface area (Å²) in [5.74, 6) is -0.268. The van der Waals surface area contributed by atoms with Crippen molar-refractivity contribution in [3.05, 3.63) is 101 Å². The number of carbonyl (C=O) groups excluding carboxylic acids is 1. The molecule has 1 aromatic heterocycles. The number of aromatic nitrogens is 1. The molecule has 0 fully saturated rings. The average Bonchev–Trinajstić information content (AvgIpc) is 2.77. The molecule has 3 aromatic carbocycles. The molecule has 4 nitrogen and oxygen atoms in total. The van der Waals surface area contributed by atoms with Crippen molar-refractivity contribution in [2.75, 3.05) is 0 Å². The van der Waals surface area contributed by atoms with E-state index < -0.39 is 0 Å². The van der Waals surface area contributed by atoms with Crippen molar-refractivity contribution in [2.24, 2.45) is 5.10 Å². The second-order valence-corrected chi connectivity index (χ2v) is 7.50. The zero-order chi connectivity index (χ0) is 20.2. The van der Waals surface area contributed by atoms with Crippen LogP contribution in [0, 0.1) is 0 Å². The molecule has 5 heteroatoms. The van der Waals surface area contributed by atoms with Crippen LogP contribution in [0.4, 0.5) is 0 Å². The largest absolute Gasteiger partial charge is 0.272 e. The monoisotopic (exact) mass is 443 g/mol. The number of hydrazone groups is 1. The molecule has 0 atom stereocenters. The van der Waals surface area contributed by atoms with Gasteiger partial charge in [0.15, 0.2) is 0 Å². The first-order valence-electron chi connectivity index (χ1n) is 9.17. The van der Waals surface area contributed by atoms with Crippen molar-refractivity contribution < 1.29 is 4.79 Å². The second kappa shape index (κ2) is 8.37. The van der Waals surface area contributed by atoms with Crippen LogP contribution in [-0.4, -0.2) is 16.6 Å². The van der Waals surface area contributed by atoms with E-state index in [1.165, 1.54) is 0 Å². The molecule has 4 aromatic rings. The lowest BCUT2D eigenvalue weighted by atomic mass is 10.0. The Bertz CT molecular complexity index is 1220. The molecule has 0 unspecified atom stereocenters. The summed E-state index contributed by atoms with van der Waals surface area (Å²) in [5.41, 5.74) is 7.37. The zero-order valence-electron chi connectivity index (χ0n) is 15.8. The van der Waals surface area contributed by atoms with Crippen LogP contribution in [0.3, 0.4) is 0 Å². The highest BCUT2D eigenvalue weighted by Gasteiger charge is 2.13. The number of para-hydroxylation sites is 1. The maximum absolute atomic E-state index is 13.0. The van der Waals surface area contributed by atoms with E-state index in [4.69, 9.17) is 4.98 Å². The zero-order valence-corrected chi connectivity index (χ0v) is 17.3. The van der Waals surface area contributed by atoms with Crippen LogP contribution in [0.25, 0.3) is 22.2 Å². The van der Waals surface area contributed by atoms with E-state index >= 15 is 0 Å². The number of pyridine rings is 1. The number of rotatable bonds is 4. The molecule has 0 radical (unpaired) electrons. The van der Waals surface area contributed by atoms with Gasteiger partial charge in [0.05, 0.1) is 22.5 Å². The van der Waals surface area contributed by atoms with Gasteiger partial charge in [-0.3, -0.25) is 4.79 Å². The Kier molecular flexibility index (Phi) is 5.49. The molecule has 1 N–H and O–H groups in total. The highest BCUT2D eigenvalue weighted by atomic mass is 79.9. The van der Waals surface area contributed by atoms with Gasteiger partial charge in [0.2, 0.25) is 0 Å². The fourth-order valence-electron chi connectivity index (χ4n) is 3.09. The number of benzene rings is 3. The molecule has 0 aliphatic heterocycles. The van der Waals surface area contributed by atoms with Crippen molar-refractivity contribution >= 4 is 38.5 Å². The van der Waals surface area contributed by atoms with Crippen molar-refractivity contribution in [1.29, 1.82) is 0 Å². The number of amides is 1. The predicted octanol–water partition coefficient (Wildman–Crippen LogP) is 5.82. The van der Waals surface area contributed by atoms with Gasteiger partial charge in [0.25, 0.3) is 5.91 Å². The van der Waals surface area contributed by atoms with Crippen molar-refractivity contribution in [3.8, 4) is 11.3 Å². The summed E-state index contributed by atoms with van der Waals surface area (Å²) < 4.78 is 0.962. The molecule has 29 heavy (non-hydrogen) atoms. The molecule has 0 saturated carbocycles. The molecule has 0 aliphatic carbocycles. The molecule has 0 spiro atoms. The highest BCUT2D eigenvalue weighted by molar-refractivity contribution is 9.10. The number of hydrogen-bond donors (Lipinski definition) is 1. The summed E-state index contributed by atoms with van der Waals surface area (Å²) >= 11 is 3.46. The number of carbonyl (C=O) groups is 1. The fraction of sp³-hybridized carbons (Fsp3) is 0.0417. The first-order chi connectivity index (χ1) is 14.1. The van der Waals surface area contributed by atoms with E-state index in [0.29, 0.717) is 5.56 Å². The third-order valence-electron chi connectivity index (χ3n) is 4.60. The van der Waals surface area contributed by atoms with Crippen LogP contribution in [0.2, 0.25) is 0 Å². The molecule has 0 bridgehead atoms. The van der Waals surface area contributed by atoms with E-state index in [2.05, 4.69) is 26.5 Å². The summed E-state index contributed by atoms with van der Waals surface area (Å²) in [4.78, 5) is 17.7. The van der Waals surface area contributed by atoms with Gasteiger partial charge in [0, 0.05) is 15.4 Å². The topological polar surface area (TPSA) is 54.4 Å². The Labute approximate surface area is 177 Å². The Morgan fingerprint density at radius 1 is 0.931 bits per heavy atom. The smallest absolute Gasteiger partial charge is 0.267 e. The van der Waals surface area contributed by atoms with Gasteiger partial charge in [-0.15, -0.1) is 0 Å². The van der Waals surface area contributed by atoms with Crippen molar-refractivity contribution in [1.82, 2.24) is 10.4 Å². The number of fused-ring (bicyclic) bond motifs is 1. The summed E-state index contributed by atoms with van der Waals surface area (Å²) in [6.45, 7) is 1.86. The highest BCUT2D eigenvalue weighted by Crippen LogP contribution is 2.24. The number of nitrogens with zero attached hydrogens (tertiary/aromatic N) is 2. The molecular formula is C24H18BrN3O. The quantitative estimate of drug-likeness (QED) is 0.319. The van der Waals surface area contributed by atoms with Gasteiger partial charge >= 0.3 is 0 Å². The average molecular weight is 444 g/mol. The summed E-state index contributed by atoms with van der Waals surface area (Å²) in [6.07, 6.45) is 0. The lowest BCUT2D eigenvalue weighted by molar-refractivity contribution is 0.0956. The number of nitrogens with one attached hydrogen (secondary N) is 1. The Morgan fingerprint density at radius 3 is 2.48 bits per heavy atom. The number of halogens is 1. The van der Waals surface area contributed by atoms with Crippen LogP contribution < -0.4 is 5.43 Å². The van der Waals surface area contributed by atoms with Gasteiger partial charge in [-0.2, -0.15) is 5.10 Å². The third-order valence-corrected chi connectivity index (χ3v) is 5.09. The van der Waals surface area contributed by atoms with Crippen LogP contribution in [-0.2, 0) is 0 Å². The van der Waals surface area contributed by atoms with Crippen LogP contribution in [0.1, 0.15) is 22.8 Å². The van der Waals surface area contributed by atoms with E-state index in [0.717, 1.165) is 37.9 Å². The Morgan fingerprint density at radius 2 is 1.69 bits per heavy atom. The first-order valence-corrected chi connectivity index (χ1v) is 9.97. The molecule has 1 amide bonds. The molecule has 1 heterocycles. The first kappa shape index (κ1) is 19.0. The van der Waals surface area contributed by atoms with Crippen molar-refractivity contribution in [2.45, 2.75) is 6.92 Å². The van der Waals surface area contributed by atoms with E-state index in [9.17, 15) is 4.79 Å². The normalized spacial score (nSPS) is 11.4. The standard InChI is InChI=1S/C24H18BrN3O/c1-16(18-10-7-11-19(25)14-18)27-28-24(29)21-15-23(17-8-3-2-4-9-17)26-22-13-6-5-12-20(21)22/h2-15H,1H3,(H,28,29)/b27-16-. The second-order valence-electron chi connectivity index (χ2n) is 6.59. The predicted molar refractivity (Wildman–Crippen MR) is 121 cm³/mol. The lowest BCUT2D eigenvalue weighted by Crippen LogP contribution is -2.20. The van der Waals surface area contributed by atoms with Gasteiger partial charge in [0.1, 0.15) is 0 Å². The van der Waals surface area contributed by atoms with Gasteiger partial charge in [-0.05, 0) is 36.8 Å². The van der Waals surface area contributed by atoms with Crippen LogP contribution in [0.15, 0.2) is 94.5 Å². The summed E-state index contributed by atoms with van der Waals surface area (Å²) in [6, 6.07) is 27.1. The Hall–Kier alpha value is -3.31. The van der Waals surface area contributed by atoms with E-state index in [1.807, 2.05) is 91.9 Å². The van der Waals surface area contributed by atoms with Gasteiger partial charge in [-0.1, -0.05) is 76.6 Å². The number of hydrogen-bond acceptors (Lipinski definition) is 3. The molecule has 0 saturated heterocycles. The fourth-order valence-corrected chi connectivity index (χ4v) is 3.49. The molecule has 142 valence electrons. The van der Waals surface area contributed by atoms with Gasteiger partial charge < -0.3 is 0 Å². The van der Waals surface area contributed by atoms with E-state index in [-0.39, 0.29) is 5.91 Å². The minimum atomic E-state index is -0.268. The maximum Gasteiger partial charge on any atom is 0.272 e. The lowest BCUT2D eigenvalue weighted by Gasteiger charge is -2.09. The summed E-state index contributed by atoms with van der Waals surface area (Å²) in [7, 11) is 0. The van der Waals surface area contributed by atoms with Crippen LogP contribution >= 0.6 is 15.9 Å². The maximum atomic E-state index is 13.0. The van der Waals surface area contributed by atoms with Crippen molar-refractivity contribution in [3.63, 3.8) is 0 Å². The molecular weight excluding hydrogens is 426 g/mol. The van der Waals surface area contributed by atoms with Crippen LogP contribution in [0.5, 0.6) is 0 Å². The SMILES string of the molecule is C/C(=N/NC(=O)c1cc(-c2ccccc2)nc2ccccc12)c1cccc(Br)c1. The third kappa shape index (κ3) is 4.25. The minimum Gasteiger partial charge on any atom is -0.267 e. The van der Waals surface area contributed by atoms with Gasteiger partial charge in [-0.25, -0.2) is 10.4 Å². The molecule has 4 rings (SSSR count). The molecule has 0 aliphatic rings. The Balaban J connectivity index is 1.71. The minimum absolute atomic E-state index is 0.268. The summed E-state index contributed by atoms with van der Waals surface area (Å²) in [5, 5.41) is 5.09.